The molecule has 2 unspecified atom stereocenters. The van der Waals surface area contributed by atoms with Crippen molar-refractivity contribution in [1.29, 1.82) is 0 Å². The van der Waals surface area contributed by atoms with Gasteiger partial charge in [0.1, 0.15) is 0 Å². The number of halogens is 4. The first kappa shape index (κ1) is 21.9. The van der Waals surface area contributed by atoms with Crippen LogP contribution in [0.3, 0.4) is 0 Å². The van der Waals surface area contributed by atoms with E-state index in [0.29, 0.717) is 10.5 Å². The predicted molar refractivity (Wildman–Crippen MR) is 88.5 cm³/mol. The number of nitrogens with zero attached hydrogens (tertiary/aromatic N) is 2. The highest BCUT2D eigenvalue weighted by atomic mass is 79.9. The average molecular weight is 578 g/mol. The monoisotopic (exact) mass is 574 g/mol. The summed E-state index contributed by atoms with van der Waals surface area (Å²) < 4.78 is 0. The van der Waals surface area contributed by atoms with Crippen LogP contribution >= 0.6 is 55.4 Å². The van der Waals surface area contributed by atoms with Crippen LogP contribution in [0.5, 0.6) is 0 Å². The molecule has 118 valence electrons. The first-order valence-corrected chi connectivity index (χ1v) is 10.0. The number of hydrogen-bond donors (Lipinski definition) is 2. The number of rotatable bonds is 5. The van der Waals surface area contributed by atoms with E-state index in [1.54, 1.807) is 0 Å². The Balaban J connectivity index is 0.00000180. The molecule has 0 saturated carbocycles. The summed E-state index contributed by atoms with van der Waals surface area (Å²) in [5, 5.41) is 10.3. The number of alkyl halides is 2. The van der Waals surface area contributed by atoms with Crippen LogP contribution in [0.15, 0.2) is 9.98 Å². The van der Waals surface area contributed by atoms with Crippen molar-refractivity contribution in [3.8, 4) is 0 Å². The molecule has 0 bridgehead atoms. The zero-order chi connectivity index (χ0) is 12.8. The number of amidine groups is 2. The van der Waals surface area contributed by atoms with E-state index in [1.807, 2.05) is 23.5 Å². The third kappa shape index (κ3) is 7.43. The second-order valence-electron chi connectivity index (χ2n) is 4.11. The fourth-order valence-corrected chi connectivity index (χ4v) is 4.94. The summed E-state index contributed by atoms with van der Waals surface area (Å²) in [4.78, 5) is 9.17. The summed E-state index contributed by atoms with van der Waals surface area (Å²) in [5.74, 6) is 0. The molecule has 2 fully saturated rings. The summed E-state index contributed by atoms with van der Waals surface area (Å²) in [5.41, 5.74) is 0. The Bertz CT molecular complexity index is 311. The van der Waals surface area contributed by atoms with E-state index in [1.165, 1.54) is 10.3 Å². The van der Waals surface area contributed by atoms with Crippen molar-refractivity contribution in [2.75, 3.05) is 36.8 Å². The molecule has 0 aliphatic carbocycles. The van der Waals surface area contributed by atoms with Crippen molar-refractivity contribution in [1.82, 2.24) is 0 Å². The molecular weight excluding hydrogens is 560 g/mol. The minimum absolute atomic E-state index is 0. The fraction of sp³-hybridized carbons (Fsp3) is 0.800. The summed E-state index contributed by atoms with van der Waals surface area (Å²) in [7, 11) is 0. The zero-order valence-corrected chi connectivity index (χ0v) is 18.8. The Kier molecular flexibility index (Phi) is 13.5. The number of thioether (sulfide) groups is 2. The maximum atomic E-state index is 4.59. The Hall–Kier alpha value is 1.88. The van der Waals surface area contributed by atoms with Crippen LogP contribution in [0.2, 0.25) is 0 Å². The molecule has 0 aromatic carbocycles. The van der Waals surface area contributed by atoms with E-state index in [0.717, 1.165) is 36.8 Å². The van der Waals surface area contributed by atoms with Gasteiger partial charge in [0.2, 0.25) is 0 Å². The lowest BCUT2D eigenvalue weighted by molar-refractivity contribution is -0.528. The molecule has 2 heterocycles. The van der Waals surface area contributed by atoms with Crippen LogP contribution in [0, 0.1) is 0 Å². The van der Waals surface area contributed by atoms with Crippen LogP contribution in [0.25, 0.3) is 0 Å². The maximum Gasteiger partial charge on any atom is 0.256 e. The van der Waals surface area contributed by atoms with Gasteiger partial charge in [0.15, 0.2) is 0 Å². The van der Waals surface area contributed by atoms with E-state index >= 15 is 0 Å². The summed E-state index contributed by atoms with van der Waals surface area (Å²) in [6.07, 6.45) is 0. The molecule has 0 radical (unpaired) electrons. The lowest BCUT2D eigenvalue weighted by atomic mass is 10.5. The van der Waals surface area contributed by atoms with E-state index in [2.05, 4.69) is 52.5 Å². The van der Waals surface area contributed by atoms with Gasteiger partial charge in [-0.05, 0) is 23.5 Å². The van der Waals surface area contributed by atoms with Gasteiger partial charge in [-0.25, -0.2) is 9.98 Å². The molecule has 4 nitrogen and oxygen atoms in total. The second-order valence-corrected chi connectivity index (χ2v) is 8.04. The molecule has 2 rings (SSSR count). The summed E-state index contributed by atoms with van der Waals surface area (Å²) in [6.45, 7) is 3.90. The standard InChI is InChI=1S/C10H16Br2N4S2.2BrH/c11-3-7-5-15-9(17-7)13-1-2-14-10-16-6-8(4-12)18-10;;/h7-8H,1-6H2,(H,13,15)(H,14,16);2*1H. The van der Waals surface area contributed by atoms with Gasteiger partial charge in [-0.15, -0.1) is 0 Å². The SMILES string of the molecule is BrCC1C[NH2+]C(=NCCN=C2[NH2+]CC(CBr)S2)S1.[Br-].[Br-]. The average Bonchev–Trinajstić information content (AvgIpc) is 3.03. The number of nitrogens with two attached hydrogens (primary N) is 2. The van der Waals surface area contributed by atoms with Gasteiger partial charge in [0.05, 0.1) is 36.7 Å². The number of quaternary nitrogens is 2. The molecule has 20 heavy (non-hydrogen) atoms. The Morgan fingerprint density at radius 1 is 0.900 bits per heavy atom. The topological polar surface area (TPSA) is 57.9 Å². The Morgan fingerprint density at radius 3 is 1.60 bits per heavy atom. The van der Waals surface area contributed by atoms with Crippen molar-refractivity contribution in [3.63, 3.8) is 0 Å². The highest BCUT2D eigenvalue weighted by Crippen LogP contribution is 2.16. The van der Waals surface area contributed by atoms with Gasteiger partial charge in [0.25, 0.3) is 10.3 Å². The first-order valence-electron chi connectivity index (χ1n) is 6.02. The Morgan fingerprint density at radius 2 is 1.30 bits per heavy atom. The van der Waals surface area contributed by atoms with Gasteiger partial charge < -0.3 is 34.0 Å². The van der Waals surface area contributed by atoms with Gasteiger partial charge in [-0.3, -0.25) is 10.6 Å². The summed E-state index contributed by atoms with van der Waals surface area (Å²) >= 11 is 10.8. The quantitative estimate of drug-likeness (QED) is 0.253. The first-order chi connectivity index (χ1) is 8.81. The summed E-state index contributed by atoms with van der Waals surface area (Å²) in [6, 6.07) is 0. The van der Waals surface area contributed by atoms with E-state index in [-0.39, 0.29) is 34.0 Å². The highest BCUT2D eigenvalue weighted by molar-refractivity contribution is 9.09. The van der Waals surface area contributed by atoms with Crippen LogP contribution in [0.1, 0.15) is 0 Å². The molecule has 2 atom stereocenters. The third-order valence-corrected chi connectivity index (χ3v) is 7.54. The molecule has 2 aliphatic rings. The van der Waals surface area contributed by atoms with Gasteiger partial charge in [-0.2, -0.15) is 0 Å². The third-order valence-electron chi connectivity index (χ3n) is 2.67. The van der Waals surface area contributed by atoms with Crippen molar-refractivity contribution in [2.45, 2.75) is 10.5 Å². The molecule has 0 aromatic heterocycles. The van der Waals surface area contributed by atoms with Gasteiger partial charge >= 0.3 is 0 Å². The maximum absolute atomic E-state index is 4.59. The largest absolute Gasteiger partial charge is 1.00 e. The van der Waals surface area contributed by atoms with E-state index < -0.39 is 0 Å². The molecule has 2 saturated heterocycles. The highest BCUT2D eigenvalue weighted by Gasteiger charge is 2.25. The molecule has 2 aliphatic heterocycles. The number of hydrogen-bond acceptors (Lipinski definition) is 4. The van der Waals surface area contributed by atoms with Crippen LogP contribution in [-0.2, 0) is 0 Å². The van der Waals surface area contributed by atoms with Crippen molar-refractivity contribution in [3.05, 3.63) is 0 Å². The molecule has 0 aromatic rings. The van der Waals surface area contributed by atoms with Gasteiger partial charge in [-0.1, -0.05) is 31.9 Å². The number of aliphatic imine (C=N–C) groups is 2. The predicted octanol–water partition coefficient (Wildman–Crippen LogP) is -6.15. The van der Waals surface area contributed by atoms with Crippen molar-refractivity contribution in [2.24, 2.45) is 9.98 Å². The molecule has 4 N–H and O–H groups in total. The molecule has 10 heteroatoms. The minimum atomic E-state index is 0. The van der Waals surface area contributed by atoms with Gasteiger partial charge in [0, 0.05) is 10.7 Å². The molecule has 0 amide bonds. The van der Waals surface area contributed by atoms with Crippen LogP contribution in [-0.4, -0.2) is 57.7 Å². The molecule has 0 spiro atoms. The van der Waals surface area contributed by atoms with E-state index in [9.17, 15) is 0 Å². The normalized spacial score (nSPS) is 29.5. The lowest BCUT2D eigenvalue weighted by Crippen LogP contribution is -3.00. The second kappa shape index (κ2) is 12.3. The fourth-order valence-electron chi connectivity index (χ4n) is 1.71. The lowest BCUT2D eigenvalue weighted by Gasteiger charge is -1.94. The van der Waals surface area contributed by atoms with Crippen molar-refractivity contribution < 1.29 is 44.6 Å². The Labute approximate surface area is 166 Å². The van der Waals surface area contributed by atoms with Crippen LogP contribution < -0.4 is 44.6 Å². The van der Waals surface area contributed by atoms with Crippen LogP contribution in [0.4, 0.5) is 0 Å². The van der Waals surface area contributed by atoms with E-state index in [4.69, 9.17) is 0 Å². The van der Waals surface area contributed by atoms with Crippen molar-refractivity contribution >= 4 is 65.7 Å². The molecular formula is C10H18Br4N4S2. The smallest absolute Gasteiger partial charge is 0.256 e. The zero-order valence-electron chi connectivity index (χ0n) is 10.8. The minimum Gasteiger partial charge on any atom is -1.00 e.